The number of nitrogens with one attached hydrogen (secondary N) is 1. The molecule has 0 fully saturated rings. The molecule has 0 radical (unpaired) electrons. The van der Waals surface area contributed by atoms with Crippen LogP contribution in [-0.4, -0.2) is 24.8 Å². The SMILES string of the molecule is CCC(=O)CNC(=O)C1=CCCO1. The summed E-state index contributed by atoms with van der Waals surface area (Å²) in [6, 6.07) is 0. The number of rotatable bonds is 4. The summed E-state index contributed by atoms with van der Waals surface area (Å²) in [5.74, 6) is 0.0650. The Morgan fingerprint density at radius 2 is 2.38 bits per heavy atom. The predicted octanol–water partition coefficient (Wildman–Crippen LogP) is 0.386. The highest BCUT2D eigenvalue weighted by Crippen LogP contribution is 2.08. The molecule has 13 heavy (non-hydrogen) atoms. The summed E-state index contributed by atoms with van der Waals surface area (Å²) < 4.78 is 5.02. The summed E-state index contributed by atoms with van der Waals surface area (Å²) in [4.78, 5) is 22.1. The highest BCUT2D eigenvalue weighted by atomic mass is 16.5. The van der Waals surface area contributed by atoms with Gasteiger partial charge in [0.1, 0.15) is 0 Å². The fourth-order valence-electron chi connectivity index (χ4n) is 0.967. The Labute approximate surface area is 76.9 Å². The van der Waals surface area contributed by atoms with Gasteiger partial charge in [0.15, 0.2) is 11.5 Å². The first kappa shape index (κ1) is 9.77. The standard InChI is InChI=1S/C9H13NO3/c1-2-7(11)6-10-9(12)8-4-3-5-13-8/h4H,2-3,5-6H2,1H3,(H,10,12). The zero-order valence-electron chi connectivity index (χ0n) is 7.63. The van der Waals surface area contributed by atoms with Crippen molar-refractivity contribution in [3.63, 3.8) is 0 Å². The molecule has 0 saturated carbocycles. The molecule has 0 unspecified atom stereocenters. The van der Waals surface area contributed by atoms with E-state index in [0.717, 1.165) is 6.42 Å². The Bertz CT molecular complexity index is 245. The molecular formula is C9H13NO3. The fourth-order valence-corrected chi connectivity index (χ4v) is 0.967. The summed E-state index contributed by atoms with van der Waals surface area (Å²) in [6.45, 7) is 2.42. The van der Waals surface area contributed by atoms with E-state index in [1.54, 1.807) is 13.0 Å². The van der Waals surface area contributed by atoms with Crippen molar-refractivity contribution in [1.82, 2.24) is 5.32 Å². The number of ketones is 1. The van der Waals surface area contributed by atoms with Gasteiger partial charge in [-0.05, 0) is 6.08 Å². The molecule has 0 aromatic rings. The van der Waals surface area contributed by atoms with Crippen LogP contribution in [0.15, 0.2) is 11.8 Å². The van der Waals surface area contributed by atoms with Crippen LogP contribution in [0.25, 0.3) is 0 Å². The lowest BCUT2D eigenvalue weighted by atomic mass is 10.3. The number of carbonyl (C=O) groups is 2. The van der Waals surface area contributed by atoms with Gasteiger partial charge in [-0.25, -0.2) is 0 Å². The molecule has 1 aliphatic rings. The molecule has 0 aromatic carbocycles. The van der Waals surface area contributed by atoms with E-state index in [4.69, 9.17) is 4.74 Å². The normalized spacial score (nSPS) is 14.7. The van der Waals surface area contributed by atoms with Crippen LogP contribution < -0.4 is 5.32 Å². The highest BCUT2D eigenvalue weighted by Gasteiger charge is 2.14. The average molecular weight is 183 g/mol. The predicted molar refractivity (Wildman–Crippen MR) is 47.0 cm³/mol. The van der Waals surface area contributed by atoms with Gasteiger partial charge in [0.2, 0.25) is 0 Å². The summed E-state index contributed by atoms with van der Waals surface area (Å²) in [7, 11) is 0. The highest BCUT2D eigenvalue weighted by molar-refractivity contribution is 5.94. The molecule has 0 aromatic heterocycles. The summed E-state index contributed by atoms with van der Waals surface area (Å²) >= 11 is 0. The molecule has 0 saturated heterocycles. The van der Waals surface area contributed by atoms with Crippen LogP contribution in [0.4, 0.5) is 0 Å². The van der Waals surface area contributed by atoms with Crippen LogP contribution in [0, 0.1) is 0 Å². The third-order valence-electron chi connectivity index (χ3n) is 1.77. The van der Waals surface area contributed by atoms with Crippen molar-refractivity contribution < 1.29 is 14.3 Å². The molecule has 1 amide bonds. The maximum Gasteiger partial charge on any atom is 0.286 e. The zero-order chi connectivity index (χ0) is 9.68. The molecule has 0 atom stereocenters. The van der Waals surface area contributed by atoms with E-state index in [0.29, 0.717) is 18.8 Å². The van der Waals surface area contributed by atoms with Crippen LogP contribution in [-0.2, 0) is 14.3 Å². The van der Waals surface area contributed by atoms with Crippen molar-refractivity contribution >= 4 is 11.7 Å². The summed E-state index contributed by atoms with van der Waals surface area (Å²) in [6.07, 6.45) is 2.94. The van der Waals surface area contributed by atoms with Gasteiger partial charge in [-0.1, -0.05) is 6.92 Å². The van der Waals surface area contributed by atoms with Crippen molar-refractivity contribution in [3.05, 3.63) is 11.8 Å². The van der Waals surface area contributed by atoms with Gasteiger partial charge < -0.3 is 10.1 Å². The van der Waals surface area contributed by atoms with Crippen molar-refractivity contribution in [2.45, 2.75) is 19.8 Å². The first-order chi connectivity index (χ1) is 6.24. The topological polar surface area (TPSA) is 55.4 Å². The lowest BCUT2D eigenvalue weighted by Gasteiger charge is -2.04. The van der Waals surface area contributed by atoms with E-state index >= 15 is 0 Å². The van der Waals surface area contributed by atoms with Crippen LogP contribution in [0.3, 0.4) is 0 Å². The number of ether oxygens (including phenoxy) is 1. The van der Waals surface area contributed by atoms with E-state index in [-0.39, 0.29) is 18.2 Å². The van der Waals surface area contributed by atoms with Crippen molar-refractivity contribution in [2.75, 3.05) is 13.2 Å². The fraction of sp³-hybridized carbons (Fsp3) is 0.556. The quantitative estimate of drug-likeness (QED) is 0.685. The Hall–Kier alpha value is -1.32. The van der Waals surface area contributed by atoms with Crippen LogP contribution >= 0.6 is 0 Å². The minimum Gasteiger partial charge on any atom is -0.488 e. The van der Waals surface area contributed by atoms with Crippen LogP contribution in [0.5, 0.6) is 0 Å². The molecule has 1 heterocycles. The first-order valence-electron chi connectivity index (χ1n) is 4.37. The van der Waals surface area contributed by atoms with Gasteiger partial charge >= 0.3 is 0 Å². The van der Waals surface area contributed by atoms with Crippen molar-refractivity contribution in [3.8, 4) is 0 Å². The zero-order valence-corrected chi connectivity index (χ0v) is 7.63. The number of amides is 1. The number of hydrogen-bond donors (Lipinski definition) is 1. The Morgan fingerprint density at radius 3 is 2.92 bits per heavy atom. The number of hydrogen-bond acceptors (Lipinski definition) is 3. The van der Waals surface area contributed by atoms with E-state index < -0.39 is 0 Å². The van der Waals surface area contributed by atoms with Crippen molar-refractivity contribution in [1.29, 1.82) is 0 Å². The number of Topliss-reactive ketones (excluding diaryl/α,β-unsaturated/α-hetero) is 1. The molecule has 1 aliphatic heterocycles. The van der Waals surface area contributed by atoms with E-state index in [2.05, 4.69) is 5.32 Å². The van der Waals surface area contributed by atoms with Gasteiger partial charge in [0, 0.05) is 12.8 Å². The van der Waals surface area contributed by atoms with E-state index in [1.807, 2.05) is 0 Å². The molecule has 0 aliphatic carbocycles. The molecular weight excluding hydrogens is 170 g/mol. The molecule has 72 valence electrons. The van der Waals surface area contributed by atoms with Gasteiger partial charge in [-0.3, -0.25) is 9.59 Å². The smallest absolute Gasteiger partial charge is 0.286 e. The molecule has 1 rings (SSSR count). The van der Waals surface area contributed by atoms with Gasteiger partial charge in [0.25, 0.3) is 5.91 Å². The second-order valence-corrected chi connectivity index (χ2v) is 2.78. The van der Waals surface area contributed by atoms with Gasteiger partial charge in [0.05, 0.1) is 13.2 Å². The maximum absolute atomic E-state index is 11.2. The Morgan fingerprint density at radius 1 is 1.62 bits per heavy atom. The molecule has 4 heteroatoms. The third-order valence-corrected chi connectivity index (χ3v) is 1.77. The largest absolute Gasteiger partial charge is 0.488 e. The average Bonchev–Trinajstić information content (AvgIpc) is 2.66. The minimum atomic E-state index is -0.292. The van der Waals surface area contributed by atoms with E-state index in [9.17, 15) is 9.59 Å². The second-order valence-electron chi connectivity index (χ2n) is 2.78. The molecule has 4 nitrogen and oxygen atoms in total. The minimum absolute atomic E-state index is 0.0203. The lowest BCUT2D eigenvalue weighted by Crippen LogP contribution is -2.30. The van der Waals surface area contributed by atoms with Crippen molar-refractivity contribution in [2.24, 2.45) is 0 Å². The monoisotopic (exact) mass is 183 g/mol. The molecule has 1 N–H and O–H groups in total. The Balaban J connectivity index is 2.29. The summed E-state index contributed by atoms with van der Waals surface area (Å²) in [5, 5.41) is 2.49. The summed E-state index contributed by atoms with van der Waals surface area (Å²) in [5.41, 5.74) is 0. The lowest BCUT2D eigenvalue weighted by molar-refractivity contribution is -0.124. The second kappa shape index (κ2) is 4.64. The maximum atomic E-state index is 11.2. The van der Waals surface area contributed by atoms with Crippen LogP contribution in [0.1, 0.15) is 19.8 Å². The molecule has 0 spiro atoms. The third kappa shape index (κ3) is 2.89. The van der Waals surface area contributed by atoms with Gasteiger partial charge in [-0.15, -0.1) is 0 Å². The Kier molecular flexibility index (Phi) is 3.49. The van der Waals surface area contributed by atoms with Gasteiger partial charge in [-0.2, -0.15) is 0 Å². The molecule has 0 bridgehead atoms. The number of carbonyl (C=O) groups excluding carboxylic acids is 2. The van der Waals surface area contributed by atoms with Crippen LogP contribution in [0.2, 0.25) is 0 Å². The van der Waals surface area contributed by atoms with E-state index in [1.165, 1.54) is 0 Å². The first-order valence-corrected chi connectivity index (χ1v) is 4.37.